The Labute approximate surface area is 90.5 Å². The lowest BCUT2D eigenvalue weighted by atomic mass is 10.2. The minimum Gasteiger partial charge on any atom is -0.328 e. The Morgan fingerprint density at radius 3 is 2.93 bits per heavy atom. The third kappa shape index (κ3) is 4.22. The predicted molar refractivity (Wildman–Crippen MR) is 63.6 cm³/mol. The molecule has 2 nitrogen and oxygen atoms in total. The summed E-state index contributed by atoms with van der Waals surface area (Å²) < 4.78 is 0. The maximum absolute atomic E-state index is 5.67. The molecular formula is C11H20N2S. The first-order valence-electron chi connectivity index (χ1n) is 5.19. The Bertz CT molecular complexity index is 256. The first-order valence-corrected chi connectivity index (χ1v) is 6.07. The van der Waals surface area contributed by atoms with Gasteiger partial charge in [-0.3, -0.25) is 0 Å². The van der Waals surface area contributed by atoms with Gasteiger partial charge in [0.1, 0.15) is 0 Å². The summed E-state index contributed by atoms with van der Waals surface area (Å²) in [4.78, 5) is 1.45. The number of nitrogens with one attached hydrogen (secondary N) is 1. The van der Waals surface area contributed by atoms with Crippen molar-refractivity contribution in [1.82, 2.24) is 5.32 Å². The van der Waals surface area contributed by atoms with Crippen LogP contribution >= 0.6 is 11.3 Å². The lowest BCUT2D eigenvalue weighted by Gasteiger charge is -2.06. The highest BCUT2D eigenvalue weighted by Gasteiger charge is 1.98. The molecule has 1 unspecified atom stereocenters. The second kappa shape index (κ2) is 6.17. The van der Waals surface area contributed by atoms with Gasteiger partial charge in [0.15, 0.2) is 0 Å². The molecule has 80 valence electrons. The number of rotatable bonds is 6. The third-order valence-electron chi connectivity index (χ3n) is 2.27. The predicted octanol–water partition coefficient (Wildman–Crippen LogP) is 2.27. The van der Waals surface area contributed by atoms with Crippen molar-refractivity contribution in [2.24, 2.45) is 5.73 Å². The first kappa shape index (κ1) is 11.7. The molecule has 0 aliphatic heterocycles. The van der Waals surface area contributed by atoms with Crippen LogP contribution in [0.4, 0.5) is 0 Å². The average molecular weight is 212 g/mol. The van der Waals surface area contributed by atoms with Gasteiger partial charge in [-0.2, -0.15) is 0 Å². The molecule has 0 aromatic carbocycles. The van der Waals surface area contributed by atoms with Crippen LogP contribution < -0.4 is 11.1 Å². The van der Waals surface area contributed by atoms with E-state index < -0.39 is 0 Å². The monoisotopic (exact) mass is 212 g/mol. The number of hydrogen-bond donors (Lipinski definition) is 2. The van der Waals surface area contributed by atoms with Crippen molar-refractivity contribution in [3.8, 4) is 0 Å². The van der Waals surface area contributed by atoms with Crippen LogP contribution in [-0.4, -0.2) is 12.6 Å². The van der Waals surface area contributed by atoms with Gasteiger partial charge in [-0.1, -0.05) is 0 Å². The molecule has 0 amide bonds. The summed E-state index contributed by atoms with van der Waals surface area (Å²) in [6, 6.07) is 2.50. The molecule has 1 atom stereocenters. The van der Waals surface area contributed by atoms with Crippen molar-refractivity contribution in [2.45, 2.75) is 39.3 Å². The Morgan fingerprint density at radius 2 is 2.36 bits per heavy atom. The second-order valence-corrected chi connectivity index (χ2v) is 4.82. The third-order valence-corrected chi connectivity index (χ3v) is 3.29. The van der Waals surface area contributed by atoms with E-state index in [4.69, 9.17) is 5.73 Å². The van der Waals surface area contributed by atoms with E-state index in [1.54, 1.807) is 0 Å². The maximum Gasteiger partial charge on any atom is 0.0302 e. The van der Waals surface area contributed by atoms with E-state index in [-0.39, 0.29) is 0 Å². The largest absolute Gasteiger partial charge is 0.328 e. The number of hydrogen-bond acceptors (Lipinski definition) is 3. The van der Waals surface area contributed by atoms with E-state index in [1.807, 2.05) is 11.3 Å². The number of nitrogens with two attached hydrogens (primary N) is 1. The molecule has 0 aliphatic rings. The quantitative estimate of drug-likeness (QED) is 0.710. The van der Waals surface area contributed by atoms with Crippen LogP contribution in [0.5, 0.6) is 0 Å². The summed E-state index contributed by atoms with van der Waals surface area (Å²) in [6.45, 7) is 6.29. The molecule has 3 heteroatoms. The van der Waals surface area contributed by atoms with E-state index in [1.165, 1.54) is 16.9 Å². The zero-order valence-corrected chi connectivity index (χ0v) is 9.86. The van der Waals surface area contributed by atoms with Gasteiger partial charge in [0.05, 0.1) is 0 Å². The second-order valence-electron chi connectivity index (χ2n) is 3.82. The average Bonchev–Trinajstić information content (AvgIpc) is 2.51. The topological polar surface area (TPSA) is 38.0 Å². The highest BCUT2D eigenvalue weighted by molar-refractivity contribution is 7.10. The Morgan fingerprint density at radius 1 is 1.57 bits per heavy atom. The van der Waals surface area contributed by atoms with Crippen molar-refractivity contribution in [1.29, 1.82) is 0 Å². The Kier molecular flexibility index (Phi) is 5.15. The summed E-state index contributed by atoms with van der Waals surface area (Å²) in [5, 5.41) is 5.59. The summed E-state index contributed by atoms with van der Waals surface area (Å²) in [6.07, 6.45) is 2.28. The van der Waals surface area contributed by atoms with E-state index in [9.17, 15) is 0 Å². The SMILES string of the molecule is Cc1ccsc1CNCCCC(C)N. The van der Waals surface area contributed by atoms with Crippen molar-refractivity contribution < 1.29 is 0 Å². The van der Waals surface area contributed by atoms with Crippen LogP contribution in [0, 0.1) is 6.92 Å². The van der Waals surface area contributed by atoms with Crippen LogP contribution in [0.3, 0.4) is 0 Å². The lowest BCUT2D eigenvalue weighted by Crippen LogP contribution is -2.19. The molecule has 0 radical (unpaired) electrons. The normalized spacial score (nSPS) is 13.1. The Balaban J connectivity index is 2.08. The fourth-order valence-electron chi connectivity index (χ4n) is 1.34. The Hall–Kier alpha value is -0.380. The molecule has 0 aliphatic carbocycles. The van der Waals surface area contributed by atoms with Crippen LogP contribution in [-0.2, 0) is 6.54 Å². The fraction of sp³-hybridized carbons (Fsp3) is 0.636. The van der Waals surface area contributed by atoms with Crippen molar-refractivity contribution in [2.75, 3.05) is 6.54 Å². The van der Waals surface area contributed by atoms with E-state index in [0.29, 0.717) is 6.04 Å². The number of aryl methyl sites for hydroxylation is 1. The molecule has 1 rings (SSSR count). The molecule has 3 N–H and O–H groups in total. The lowest BCUT2D eigenvalue weighted by molar-refractivity contribution is 0.576. The van der Waals surface area contributed by atoms with Gasteiger partial charge in [-0.05, 0) is 50.2 Å². The minimum absolute atomic E-state index is 0.334. The molecule has 14 heavy (non-hydrogen) atoms. The number of thiophene rings is 1. The molecule has 0 fully saturated rings. The zero-order valence-electron chi connectivity index (χ0n) is 9.05. The minimum atomic E-state index is 0.334. The molecule has 0 saturated carbocycles. The van der Waals surface area contributed by atoms with Crippen LogP contribution in [0.15, 0.2) is 11.4 Å². The molecule has 1 aromatic heterocycles. The van der Waals surface area contributed by atoms with Crippen molar-refractivity contribution in [3.05, 3.63) is 21.9 Å². The molecule has 1 heterocycles. The van der Waals surface area contributed by atoms with E-state index in [0.717, 1.165) is 19.5 Å². The van der Waals surface area contributed by atoms with Gasteiger partial charge in [0, 0.05) is 17.5 Å². The van der Waals surface area contributed by atoms with E-state index >= 15 is 0 Å². The maximum atomic E-state index is 5.67. The van der Waals surface area contributed by atoms with Gasteiger partial charge in [-0.25, -0.2) is 0 Å². The molecule has 0 spiro atoms. The molecule has 1 aromatic rings. The van der Waals surface area contributed by atoms with Gasteiger partial charge >= 0.3 is 0 Å². The van der Waals surface area contributed by atoms with Crippen LogP contribution in [0.25, 0.3) is 0 Å². The van der Waals surface area contributed by atoms with Crippen LogP contribution in [0.1, 0.15) is 30.2 Å². The van der Waals surface area contributed by atoms with Gasteiger partial charge < -0.3 is 11.1 Å². The summed E-state index contributed by atoms with van der Waals surface area (Å²) in [5.74, 6) is 0. The van der Waals surface area contributed by atoms with Crippen molar-refractivity contribution >= 4 is 11.3 Å². The van der Waals surface area contributed by atoms with E-state index in [2.05, 4.69) is 30.6 Å². The highest BCUT2D eigenvalue weighted by atomic mass is 32.1. The van der Waals surface area contributed by atoms with Crippen molar-refractivity contribution in [3.63, 3.8) is 0 Å². The van der Waals surface area contributed by atoms with Crippen LogP contribution in [0.2, 0.25) is 0 Å². The smallest absolute Gasteiger partial charge is 0.0302 e. The molecule has 0 saturated heterocycles. The van der Waals surface area contributed by atoms with Gasteiger partial charge in [0.25, 0.3) is 0 Å². The summed E-state index contributed by atoms with van der Waals surface area (Å²) >= 11 is 1.83. The zero-order chi connectivity index (χ0) is 10.4. The molecule has 0 bridgehead atoms. The summed E-state index contributed by atoms with van der Waals surface area (Å²) in [7, 11) is 0. The standard InChI is InChI=1S/C11H20N2S/c1-9-5-7-14-11(9)8-13-6-3-4-10(2)12/h5,7,10,13H,3-4,6,8,12H2,1-2H3. The van der Waals surface area contributed by atoms with Gasteiger partial charge in [-0.15, -0.1) is 11.3 Å². The fourth-order valence-corrected chi connectivity index (χ4v) is 2.21. The summed E-state index contributed by atoms with van der Waals surface area (Å²) in [5.41, 5.74) is 7.07. The first-order chi connectivity index (χ1) is 6.70. The molecular weight excluding hydrogens is 192 g/mol. The highest BCUT2D eigenvalue weighted by Crippen LogP contribution is 2.14. The van der Waals surface area contributed by atoms with Gasteiger partial charge in [0.2, 0.25) is 0 Å².